The number of oxime groups is 1. The highest BCUT2D eigenvalue weighted by atomic mass is 16.7. The van der Waals surface area contributed by atoms with Gasteiger partial charge >= 0.3 is 7.12 Å². The molecule has 4 rings (SSSR count). The molecule has 1 aromatic carbocycles. The van der Waals surface area contributed by atoms with Crippen LogP contribution in [0.1, 0.15) is 69.3 Å². The highest BCUT2D eigenvalue weighted by molar-refractivity contribution is 6.43. The Morgan fingerprint density at radius 3 is 2.68 bits per heavy atom. The van der Waals surface area contributed by atoms with E-state index in [1.54, 1.807) is 6.20 Å². The maximum atomic E-state index is 13.5. The lowest BCUT2D eigenvalue weighted by atomic mass is 9.74. The molecule has 2 aliphatic rings. The van der Waals surface area contributed by atoms with Crippen molar-refractivity contribution in [2.24, 2.45) is 11.1 Å². The second-order valence-corrected chi connectivity index (χ2v) is 10.7. The van der Waals surface area contributed by atoms with Gasteiger partial charge in [0, 0.05) is 18.0 Å². The Morgan fingerprint density at radius 2 is 1.95 bits per heavy atom. The summed E-state index contributed by atoms with van der Waals surface area (Å²) in [6, 6.07) is 9.35. The zero-order chi connectivity index (χ0) is 27.1. The predicted molar refractivity (Wildman–Crippen MR) is 144 cm³/mol. The second-order valence-electron chi connectivity index (χ2n) is 10.7. The molecule has 1 aliphatic carbocycles. The van der Waals surface area contributed by atoms with Gasteiger partial charge in [-0.15, -0.1) is 0 Å². The first-order valence-corrected chi connectivity index (χ1v) is 13.4. The third-order valence-corrected chi connectivity index (χ3v) is 7.10. The van der Waals surface area contributed by atoms with Gasteiger partial charge in [0.15, 0.2) is 0 Å². The lowest BCUT2D eigenvalue weighted by Crippen LogP contribution is -2.57. The Bertz CT molecular complexity index is 1150. The molecule has 0 radical (unpaired) electrons. The number of rotatable bonds is 11. The van der Waals surface area contributed by atoms with Gasteiger partial charge < -0.3 is 30.3 Å². The third-order valence-electron chi connectivity index (χ3n) is 7.10. The van der Waals surface area contributed by atoms with E-state index in [0.29, 0.717) is 17.8 Å². The van der Waals surface area contributed by atoms with Crippen molar-refractivity contribution in [1.29, 1.82) is 0 Å². The SMILES string of the molecule is CC(C)C[C@H](NC(=O)C1(COC2CCCCC2)CC(CNC(=O)c2nccc3ccccc23)=NO1)B(O)O. The summed E-state index contributed by atoms with van der Waals surface area (Å²) in [5.74, 6) is -1.61. The van der Waals surface area contributed by atoms with Gasteiger partial charge in [0.2, 0.25) is 5.60 Å². The highest BCUT2D eigenvalue weighted by Gasteiger charge is 2.49. The summed E-state index contributed by atoms with van der Waals surface area (Å²) in [5.41, 5.74) is -0.675. The monoisotopic (exact) mass is 524 g/mol. The summed E-state index contributed by atoms with van der Waals surface area (Å²) < 4.78 is 6.12. The molecule has 1 aliphatic heterocycles. The highest BCUT2D eigenvalue weighted by Crippen LogP contribution is 2.29. The summed E-state index contributed by atoms with van der Waals surface area (Å²) in [7, 11) is -1.72. The van der Waals surface area contributed by atoms with Gasteiger partial charge in [-0.25, -0.2) is 0 Å². The van der Waals surface area contributed by atoms with Gasteiger partial charge in [0.25, 0.3) is 11.8 Å². The molecule has 4 N–H and O–H groups in total. The van der Waals surface area contributed by atoms with E-state index >= 15 is 0 Å². The second kappa shape index (κ2) is 12.7. The van der Waals surface area contributed by atoms with E-state index in [1.807, 2.05) is 44.2 Å². The van der Waals surface area contributed by atoms with Gasteiger partial charge in [0.05, 0.1) is 30.9 Å². The number of amides is 2. The Hall–Kier alpha value is -3.02. The van der Waals surface area contributed by atoms with Crippen LogP contribution in [0.25, 0.3) is 10.8 Å². The molecule has 0 saturated heterocycles. The Morgan fingerprint density at radius 1 is 1.18 bits per heavy atom. The minimum absolute atomic E-state index is 0.0226. The lowest BCUT2D eigenvalue weighted by molar-refractivity contribution is -0.157. The Kier molecular flexibility index (Phi) is 9.35. The number of carbonyl (C=O) groups is 2. The van der Waals surface area contributed by atoms with Crippen LogP contribution < -0.4 is 10.6 Å². The minimum Gasteiger partial charge on any atom is -0.426 e. The average molecular weight is 524 g/mol. The number of ether oxygens (including phenoxy) is 1. The molecule has 2 aromatic rings. The molecule has 2 amide bonds. The fourth-order valence-electron chi connectivity index (χ4n) is 5.02. The summed E-state index contributed by atoms with van der Waals surface area (Å²) in [6.07, 6.45) is 7.28. The largest absolute Gasteiger partial charge is 0.475 e. The van der Waals surface area contributed by atoms with Crippen LogP contribution in [0, 0.1) is 5.92 Å². The summed E-state index contributed by atoms with van der Waals surface area (Å²) in [5, 5.41) is 31.0. The Labute approximate surface area is 223 Å². The molecule has 38 heavy (non-hydrogen) atoms. The number of pyridine rings is 1. The fraction of sp³-hybridized carbons (Fsp3) is 0.556. The molecule has 204 valence electrons. The molecule has 1 saturated carbocycles. The van der Waals surface area contributed by atoms with Gasteiger partial charge in [-0.2, -0.15) is 0 Å². The first-order chi connectivity index (χ1) is 18.3. The van der Waals surface area contributed by atoms with Crippen molar-refractivity contribution in [3.8, 4) is 0 Å². The Balaban J connectivity index is 1.43. The number of hydrogen-bond donors (Lipinski definition) is 4. The first kappa shape index (κ1) is 28.0. The number of nitrogens with zero attached hydrogens (tertiary/aromatic N) is 2. The summed E-state index contributed by atoms with van der Waals surface area (Å²) >= 11 is 0. The number of aromatic nitrogens is 1. The van der Waals surface area contributed by atoms with E-state index in [9.17, 15) is 19.6 Å². The number of carbonyl (C=O) groups excluding carboxylic acids is 2. The summed E-state index contributed by atoms with van der Waals surface area (Å²) in [4.78, 5) is 36.4. The van der Waals surface area contributed by atoms with Gasteiger partial charge in [-0.3, -0.25) is 14.6 Å². The van der Waals surface area contributed by atoms with E-state index in [4.69, 9.17) is 9.57 Å². The van der Waals surface area contributed by atoms with E-state index < -0.39 is 24.6 Å². The minimum atomic E-state index is -1.72. The summed E-state index contributed by atoms with van der Waals surface area (Å²) in [6.45, 7) is 3.92. The number of hydrogen-bond acceptors (Lipinski definition) is 8. The van der Waals surface area contributed by atoms with Crippen LogP contribution in [0.5, 0.6) is 0 Å². The van der Waals surface area contributed by atoms with Crippen LogP contribution in [0.3, 0.4) is 0 Å². The van der Waals surface area contributed by atoms with Gasteiger partial charge in [-0.1, -0.05) is 62.5 Å². The molecule has 1 unspecified atom stereocenters. The number of benzene rings is 1. The predicted octanol–water partition coefficient (Wildman–Crippen LogP) is 2.37. The maximum Gasteiger partial charge on any atom is 0.475 e. The fourth-order valence-corrected chi connectivity index (χ4v) is 5.02. The van der Waals surface area contributed by atoms with Crippen LogP contribution in [-0.4, -0.2) is 70.5 Å². The van der Waals surface area contributed by atoms with Gasteiger partial charge in [-0.05, 0) is 36.6 Å². The van der Waals surface area contributed by atoms with E-state index in [-0.39, 0.29) is 37.5 Å². The average Bonchev–Trinajstić information content (AvgIpc) is 3.35. The molecule has 11 heteroatoms. The topological polar surface area (TPSA) is 142 Å². The third kappa shape index (κ3) is 6.89. The van der Waals surface area contributed by atoms with Crippen LogP contribution in [0.4, 0.5) is 0 Å². The number of fused-ring (bicyclic) bond motifs is 1. The zero-order valence-corrected chi connectivity index (χ0v) is 22.1. The quantitative estimate of drug-likeness (QED) is 0.331. The molecule has 0 bridgehead atoms. The van der Waals surface area contributed by atoms with E-state index in [1.165, 1.54) is 6.42 Å². The molecule has 2 heterocycles. The molecule has 2 atom stereocenters. The van der Waals surface area contributed by atoms with Crippen molar-refractivity contribution in [2.75, 3.05) is 13.2 Å². The molecule has 0 spiro atoms. The first-order valence-electron chi connectivity index (χ1n) is 13.4. The number of nitrogens with one attached hydrogen (secondary N) is 2. The molecule has 1 fully saturated rings. The van der Waals surface area contributed by atoms with Crippen LogP contribution >= 0.6 is 0 Å². The van der Waals surface area contributed by atoms with Crippen molar-refractivity contribution < 1.29 is 29.2 Å². The van der Waals surface area contributed by atoms with Crippen LogP contribution in [-0.2, 0) is 14.4 Å². The van der Waals surface area contributed by atoms with Crippen molar-refractivity contribution in [1.82, 2.24) is 15.6 Å². The maximum absolute atomic E-state index is 13.5. The smallest absolute Gasteiger partial charge is 0.426 e. The molecular formula is C27H37BN4O6. The van der Waals surface area contributed by atoms with Crippen LogP contribution in [0.2, 0.25) is 0 Å². The normalized spacial score (nSPS) is 20.6. The van der Waals surface area contributed by atoms with E-state index in [2.05, 4.69) is 20.8 Å². The zero-order valence-electron chi connectivity index (χ0n) is 22.1. The van der Waals surface area contributed by atoms with Gasteiger partial charge in [0.1, 0.15) is 5.69 Å². The molecule has 10 nitrogen and oxygen atoms in total. The van der Waals surface area contributed by atoms with E-state index in [0.717, 1.165) is 36.5 Å². The van der Waals surface area contributed by atoms with Crippen molar-refractivity contribution in [3.05, 3.63) is 42.2 Å². The van der Waals surface area contributed by atoms with Crippen LogP contribution in [0.15, 0.2) is 41.7 Å². The van der Waals surface area contributed by atoms with Crippen molar-refractivity contribution >= 4 is 35.4 Å². The standard InChI is InChI=1S/C27H37BN4O6/c1-18(2)14-23(28(35)36)31-26(34)27(17-37-21-9-4-3-5-10-21)15-20(32-38-27)16-30-25(33)24-22-11-7-6-8-19(22)12-13-29-24/h6-8,11-13,18,21,23,35-36H,3-5,9-10,14-17H2,1-2H3,(H,30,33)(H,31,34)/t23-,27?/m0/s1. The lowest BCUT2D eigenvalue weighted by Gasteiger charge is -2.31. The molecule has 1 aromatic heterocycles. The van der Waals surface area contributed by atoms with Crippen molar-refractivity contribution in [3.63, 3.8) is 0 Å². The molecular weight excluding hydrogens is 487 g/mol. The van der Waals surface area contributed by atoms with Crippen molar-refractivity contribution in [2.45, 2.75) is 76.4 Å².